The first-order valence-electron chi connectivity index (χ1n) is 8.53. The summed E-state index contributed by atoms with van der Waals surface area (Å²) < 4.78 is 103. The third kappa shape index (κ3) is 10.2. The van der Waals surface area contributed by atoms with Gasteiger partial charge < -0.3 is 19.6 Å². The van der Waals surface area contributed by atoms with E-state index in [4.69, 9.17) is 10.5 Å². The Morgan fingerprint density at radius 1 is 0.971 bits per heavy atom. The van der Waals surface area contributed by atoms with Crippen molar-refractivity contribution in [3.05, 3.63) is 35.9 Å². The zero-order valence-electron chi connectivity index (χ0n) is 18.3. The van der Waals surface area contributed by atoms with Crippen LogP contribution in [0.2, 0.25) is 0 Å². The van der Waals surface area contributed by atoms with E-state index in [-0.39, 0.29) is 89.3 Å². The topological polar surface area (TPSA) is 229 Å². The van der Waals surface area contributed by atoms with Crippen molar-refractivity contribution in [2.45, 2.75) is 23.1 Å². The molecule has 0 aliphatic heterocycles. The molecule has 0 bridgehead atoms. The Morgan fingerprint density at radius 3 is 2.09 bits per heavy atom. The van der Waals surface area contributed by atoms with E-state index < -0.39 is 51.6 Å². The fourth-order valence-electron chi connectivity index (χ4n) is 2.40. The number of nitrogens with zero attached hydrogens (tertiary/aromatic N) is 2. The Hall–Kier alpha value is -0.630. The maximum atomic E-state index is 11.6. The van der Waals surface area contributed by atoms with Gasteiger partial charge in [0.1, 0.15) is 26.5 Å². The number of aryl methyl sites for hydroxylation is 1. The molecule has 34 heavy (non-hydrogen) atoms. The molecule has 0 atom stereocenters. The number of hydrogen-bond donors (Lipinski definition) is 2. The van der Waals surface area contributed by atoms with Gasteiger partial charge >= 0.3 is 59.1 Å². The molecule has 0 unspecified atom stereocenters. The average Bonchev–Trinajstić information content (AvgIpc) is 2.63. The van der Waals surface area contributed by atoms with Gasteiger partial charge in [-0.1, -0.05) is 0 Å². The van der Waals surface area contributed by atoms with Crippen molar-refractivity contribution < 1.29 is 103 Å². The molecular formula is C16H17N3Na2O10S3. The minimum absolute atomic E-state index is 0. The molecule has 13 nitrogen and oxygen atoms in total. The molecule has 0 radical (unpaired) electrons. The quantitative estimate of drug-likeness (QED) is 0.0987. The minimum atomic E-state index is -4.99. The fraction of sp³-hybridized carbons (Fsp3) is 0.250. The second-order valence-corrected chi connectivity index (χ2v) is 10.7. The summed E-state index contributed by atoms with van der Waals surface area (Å²) in [5.41, 5.74) is 6.18. The summed E-state index contributed by atoms with van der Waals surface area (Å²) in [5, 5.41) is 7.55. The minimum Gasteiger partial charge on any atom is -0.748 e. The molecule has 18 heteroatoms. The van der Waals surface area contributed by atoms with Gasteiger partial charge in [0.05, 0.1) is 33.0 Å². The van der Waals surface area contributed by atoms with Gasteiger partial charge in [-0.2, -0.15) is 13.5 Å². The monoisotopic (exact) mass is 553 g/mol. The number of nitrogen functional groups attached to an aromatic ring is 1. The van der Waals surface area contributed by atoms with Crippen LogP contribution in [-0.2, 0) is 30.4 Å². The predicted molar refractivity (Wildman–Crippen MR) is 109 cm³/mol. The average molecular weight is 554 g/mol. The third-order valence-electron chi connectivity index (χ3n) is 3.89. The van der Waals surface area contributed by atoms with E-state index in [1.165, 1.54) is 12.1 Å². The van der Waals surface area contributed by atoms with Crippen molar-refractivity contribution >= 4 is 47.4 Å². The molecule has 0 amide bonds. The molecule has 0 saturated heterocycles. The van der Waals surface area contributed by atoms with Gasteiger partial charge in [0.25, 0.3) is 10.1 Å². The van der Waals surface area contributed by atoms with Crippen LogP contribution in [0, 0.1) is 6.92 Å². The Morgan fingerprint density at radius 2 is 1.56 bits per heavy atom. The van der Waals surface area contributed by atoms with Crippen LogP contribution < -0.4 is 69.6 Å². The SMILES string of the molecule is Cc1cc(N)c(OCCCS(=O)(=O)[O-])cc1N=Nc1ccc(S(=O)(=O)[O-])cc1S(=O)(=O)O.[Na+].[Na+]. The summed E-state index contributed by atoms with van der Waals surface area (Å²) in [5.74, 6) is -0.533. The largest absolute Gasteiger partial charge is 1.00 e. The standard InChI is InChI=1S/C16H19N3O10S3.2Na/c1-10-7-12(17)15(29-5-2-6-30(20,21)22)9-14(10)19-18-13-4-3-11(31(23,24)25)8-16(13)32(26,27)28;;/h3-4,7-9H,2,5-6,17H2,1H3,(H,20,21,22)(H,23,24,25)(H,26,27,28);;/q;2*+1/p-2. The van der Waals surface area contributed by atoms with Crippen LogP contribution in [0.5, 0.6) is 5.75 Å². The number of hydrogen-bond acceptors (Lipinski definition) is 12. The summed E-state index contributed by atoms with van der Waals surface area (Å²) in [6.07, 6.45) is -0.0807. The van der Waals surface area contributed by atoms with Gasteiger partial charge in [-0.25, -0.2) is 16.8 Å². The smallest absolute Gasteiger partial charge is 0.748 e. The van der Waals surface area contributed by atoms with E-state index >= 15 is 0 Å². The third-order valence-corrected chi connectivity index (χ3v) is 6.39. The van der Waals surface area contributed by atoms with E-state index in [2.05, 4.69) is 10.2 Å². The van der Waals surface area contributed by atoms with E-state index in [0.717, 1.165) is 12.1 Å². The number of nitrogens with two attached hydrogens (primary N) is 1. The van der Waals surface area contributed by atoms with E-state index in [1.807, 2.05) is 0 Å². The predicted octanol–water partition coefficient (Wildman–Crippen LogP) is -4.53. The number of azo groups is 1. The van der Waals surface area contributed by atoms with Gasteiger partial charge in [0.15, 0.2) is 0 Å². The molecule has 0 aliphatic carbocycles. The van der Waals surface area contributed by atoms with Crippen LogP contribution in [0.3, 0.4) is 0 Å². The Bertz CT molecular complexity index is 1380. The van der Waals surface area contributed by atoms with Crippen LogP contribution in [0.25, 0.3) is 0 Å². The molecule has 0 saturated carbocycles. The second-order valence-electron chi connectivity index (χ2n) is 6.40. The molecule has 0 fully saturated rings. The van der Waals surface area contributed by atoms with Gasteiger partial charge in [-0.05, 0) is 43.2 Å². The van der Waals surface area contributed by atoms with E-state index in [9.17, 15) is 38.9 Å². The van der Waals surface area contributed by atoms with Crippen molar-refractivity contribution in [1.29, 1.82) is 0 Å². The second kappa shape index (κ2) is 13.1. The summed E-state index contributed by atoms with van der Waals surface area (Å²) >= 11 is 0. The molecule has 2 aromatic rings. The van der Waals surface area contributed by atoms with Gasteiger partial charge in [-0.3, -0.25) is 4.55 Å². The van der Waals surface area contributed by atoms with Crippen LogP contribution in [0.1, 0.15) is 12.0 Å². The molecule has 2 rings (SSSR count). The molecule has 0 aromatic heterocycles. The van der Waals surface area contributed by atoms with Gasteiger partial charge in [0, 0.05) is 11.8 Å². The molecular weight excluding hydrogens is 536 g/mol. The summed E-state index contributed by atoms with van der Waals surface area (Å²) in [6.45, 7) is 1.46. The first kappa shape index (κ1) is 33.4. The summed E-state index contributed by atoms with van der Waals surface area (Å²) in [7, 11) is -14.3. The fourth-order valence-corrected chi connectivity index (χ4v) is 4.09. The molecule has 176 valence electrons. The normalized spacial score (nSPS) is 12.1. The van der Waals surface area contributed by atoms with E-state index in [0.29, 0.717) is 11.6 Å². The van der Waals surface area contributed by atoms with Gasteiger partial charge in [0.2, 0.25) is 0 Å². The van der Waals surface area contributed by atoms with Crippen LogP contribution in [0.4, 0.5) is 17.1 Å². The van der Waals surface area contributed by atoms with E-state index in [1.54, 1.807) is 6.92 Å². The summed E-state index contributed by atoms with van der Waals surface area (Å²) in [4.78, 5) is -1.83. The molecule has 3 N–H and O–H groups in total. The molecule has 0 spiro atoms. The summed E-state index contributed by atoms with van der Waals surface area (Å²) in [6, 6.07) is 4.92. The zero-order valence-corrected chi connectivity index (χ0v) is 24.8. The number of rotatable bonds is 9. The van der Waals surface area contributed by atoms with Crippen molar-refractivity contribution in [1.82, 2.24) is 0 Å². The van der Waals surface area contributed by atoms with Gasteiger partial charge in [-0.15, -0.1) is 5.11 Å². The van der Waals surface area contributed by atoms with Crippen molar-refractivity contribution in [2.75, 3.05) is 18.1 Å². The van der Waals surface area contributed by atoms with Crippen LogP contribution in [-0.4, -0.2) is 51.3 Å². The van der Waals surface area contributed by atoms with Crippen LogP contribution >= 0.6 is 0 Å². The molecule has 0 heterocycles. The maximum Gasteiger partial charge on any atom is 1.00 e. The van der Waals surface area contributed by atoms with Crippen LogP contribution in [0.15, 0.2) is 50.4 Å². The Labute approximate surface area is 241 Å². The van der Waals surface area contributed by atoms with Crippen molar-refractivity contribution in [3.8, 4) is 5.75 Å². The first-order valence-corrected chi connectivity index (χ1v) is 13.0. The van der Waals surface area contributed by atoms with Crippen molar-refractivity contribution in [2.24, 2.45) is 10.2 Å². The maximum absolute atomic E-state index is 11.6. The Kier molecular flexibility index (Phi) is 12.8. The van der Waals surface area contributed by atoms with Crippen molar-refractivity contribution in [3.63, 3.8) is 0 Å². The number of anilines is 1. The number of ether oxygens (including phenoxy) is 1. The number of benzene rings is 2. The molecule has 2 aromatic carbocycles. The molecule has 0 aliphatic rings. The first-order chi connectivity index (χ1) is 14.6. The zero-order chi connectivity index (χ0) is 24.3. The Balaban J connectivity index is 0.00000544.